The summed E-state index contributed by atoms with van der Waals surface area (Å²) >= 11 is 0. The molecule has 0 amide bonds. The molecule has 15 heavy (non-hydrogen) atoms. The topological polar surface area (TPSA) is 26.3 Å². The van der Waals surface area contributed by atoms with Crippen LogP contribution >= 0.6 is 0 Å². The highest BCUT2D eigenvalue weighted by atomic mass is 16.5. The summed E-state index contributed by atoms with van der Waals surface area (Å²) in [5.41, 5.74) is 1.96. The monoisotopic (exact) mass is 208 g/mol. The molecule has 1 aliphatic rings. The minimum Gasteiger partial charge on any atom is -0.369 e. The Balaban J connectivity index is 3.06. The van der Waals surface area contributed by atoms with Crippen LogP contribution in [-0.2, 0) is 9.53 Å². The van der Waals surface area contributed by atoms with Crippen LogP contribution in [0.25, 0.3) is 0 Å². The van der Waals surface area contributed by atoms with E-state index in [2.05, 4.69) is 13.5 Å². The molecule has 0 saturated heterocycles. The molecule has 84 valence electrons. The number of hydrogen-bond acceptors (Lipinski definition) is 2. The Morgan fingerprint density at radius 2 is 2.07 bits per heavy atom. The van der Waals surface area contributed by atoms with Crippen LogP contribution in [0, 0.1) is 0 Å². The van der Waals surface area contributed by atoms with E-state index >= 15 is 0 Å². The molecular formula is C13H20O2. The summed E-state index contributed by atoms with van der Waals surface area (Å²) in [4.78, 5) is 11.8. The second-order valence-electron chi connectivity index (χ2n) is 4.25. The van der Waals surface area contributed by atoms with Gasteiger partial charge in [0.2, 0.25) is 0 Å². The summed E-state index contributed by atoms with van der Waals surface area (Å²) in [6, 6.07) is 0. The molecule has 0 N–H and O–H groups in total. The van der Waals surface area contributed by atoms with Gasteiger partial charge in [-0.25, -0.2) is 0 Å². The lowest BCUT2D eigenvalue weighted by Gasteiger charge is -2.27. The number of ketones is 1. The summed E-state index contributed by atoms with van der Waals surface area (Å²) in [5, 5.41) is 0. The molecule has 0 saturated carbocycles. The molecule has 2 heteroatoms. The van der Waals surface area contributed by atoms with Gasteiger partial charge in [-0.1, -0.05) is 19.9 Å². The van der Waals surface area contributed by atoms with E-state index in [1.807, 2.05) is 13.8 Å². The van der Waals surface area contributed by atoms with Crippen LogP contribution in [0.3, 0.4) is 0 Å². The van der Waals surface area contributed by atoms with Gasteiger partial charge in [0.25, 0.3) is 0 Å². The summed E-state index contributed by atoms with van der Waals surface area (Å²) in [6.45, 7) is 9.81. The summed E-state index contributed by atoms with van der Waals surface area (Å²) in [5.74, 6) is 0.0606. The van der Waals surface area contributed by atoms with Crippen molar-refractivity contribution >= 4 is 5.78 Å². The fourth-order valence-corrected chi connectivity index (χ4v) is 2.15. The lowest BCUT2D eigenvalue weighted by Crippen LogP contribution is -2.30. The van der Waals surface area contributed by atoms with E-state index in [4.69, 9.17) is 4.74 Å². The van der Waals surface area contributed by atoms with Crippen molar-refractivity contribution in [1.29, 1.82) is 0 Å². The first-order valence-corrected chi connectivity index (χ1v) is 5.48. The number of rotatable bonds is 4. The number of methoxy groups -OCH3 is 1. The Kier molecular flexibility index (Phi) is 3.50. The molecule has 0 fully saturated rings. The van der Waals surface area contributed by atoms with E-state index in [9.17, 15) is 4.79 Å². The third-order valence-corrected chi connectivity index (χ3v) is 3.41. The molecule has 0 aliphatic heterocycles. The van der Waals surface area contributed by atoms with Crippen LogP contribution in [0.15, 0.2) is 23.3 Å². The number of carbonyl (C=O) groups is 1. The molecule has 1 unspecified atom stereocenters. The first-order valence-electron chi connectivity index (χ1n) is 5.48. The van der Waals surface area contributed by atoms with Gasteiger partial charge in [-0.15, -0.1) is 0 Å². The minimum atomic E-state index is -0.559. The molecule has 1 atom stereocenters. The number of carbonyl (C=O) groups excluding carboxylic acids is 1. The van der Waals surface area contributed by atoms with E-state index in [0.29, 0.717) is 5.57 Å². The normalized spacial score (nSPS) is 26.7. The van der Waals surface area contributed by atoms with E-state index in [0.717, 1.165) is 30.4 Å². The van der Waals surface area contributed by atoms with Gasteiger partial charge in [0, 0.05) is 12.7 Å². The molecule has 0 aromatic carbocycles. The molecule has 0 bridgehead atoms. The van der Waals surface area contributed by atoms with Crippen molar-refractivity contribution in [3.8, 4) is 0 Å². The number of unbranched alkanes of at least 4 members (excludes halogenated alkanes) is 1. The largest absolute Gasteiger partial charge is 0.369 e. The minimum absolute atomic E-state index is 0.0606. The van der Waals surface area contributed by atoms with Gasteiger partial charge in [-0.3, -0.25) is 4.79 Å². The van der Waals surface area contributed by atoms with Crippen LogP contribution in [0.2, 0.25) is 0 Å². The SMILES string of the molecule is C=C1C(=O)C(C)=C(CCCC)C1(C)OC. The first-order chi connectivity index (χ1) is 6.99. The maximum atomic E-state index is 11.8. The Bertz CT molecular complexity index is 325. The highest BCUT2D eigenvalue weighted by molar-refractivity contribution is 6.13. The maximum Gasteiger partial charge on any atom is 0.187 e. The van der Waals surface area contributed by atoms with Crippen molar-refractivity contribution in [3.05, 3.63) is 23.3 Å². The molecule has 0 aromatic heterocycles. The number of allylic oxidation sites excluding steroid dienone is 1. The zero-order valence-electron chi connectivity index (χ0n) is 10.1. The highest BCUT2D eigenvalue weighted by Gasteiger charge is 2.43. The lowest BCUT2D eigenvalue weighted by molar-refractivity contribution is -0.112. The van der Waals surface area contributed by atoms with Gasteiger partial charge in [0.1, 0.15) is 5.60 Å². The lowest BCUT2D eigenvalue weighted by atomic mass is 9.90. The van der Waals surface area contributed by atoms with Gasteiger partial charge in [0.05, 0.1) is 0 Å². The fourth-order valence-electron chi connectivity index (χ4n) is 2.15. The summed E-state index contributed by atoms with van der Waals surface area (Å²) in [6.07, 6.45) is 3.14. The van der Waals surface area contributed by atoms with Gasteiger partial charge in [-0.05, 0) is 37.8 Å². The van der Waals surface area contributed by atoms with Crippen LogP contribution < -0.4 is 0 Å². The van der Waals surface area contributed by atoms with Crippen molar-refractivity contribution in [2.45, 2.75) is 45.6 Å². The van der Waals surface area contributed by atoms with Gasteiger partial charge < -0.3 is 4.74 Å². The van der Waals surface area contributed by atoms with Crippen LogP contribution in [0.4, 0.5) is 0 Å². The molecule has 0 heterocycles. The quantitative estimate of drug-likeness (QED) is 0.664. The van der Waals surface area contributed by atoms with Gasteiger partial charge in [0.15, 0.2) is 5.78 Å². The Morgan fingerprint density at radius 1 is 1.47 bits per heavy atom. The van der Waals surface area contributed by atoms with Gasteiger partial charge >= 0.3 is 0 Å². The van der Waals surface area contributed by atoms with E-state index in [1.165, 1.54) is 0 Å². The second-order valence-corrected chi connectivity index (χ2v) is 4.25. The van der Waals surface area contributed by atoms with Crippen molar-refractivity contribution in [2.75, 3.05) is 7.11 Å². The third kappa shape index (κ3) is 1.78. The number of Topliss-reactive ketones (excluding diaryl/α,β-unsaturated/α-hetero) is 1. The third-order valence-electron chi connectivity index (χ3n) is 3.41. The number of hydrogen-bond donors (Lipinski definition) is 0. The zero-order valence-corrected chi connectivity index (χ0v) is 10.1. The molecule has 0 aromatic rings. The average Bonchev–Trinajstić information content (AvgIpc) is 2.40. The van der Waals surface area contributed by atoms with Crippen molar-refractivity contribution < 1.29 is 9.53 Å². The standard InChI is InChI=1S/C13H20O2/c1-6-7-8-11-9(2)12(14)10(3)13(11,4)15-5/h3,6-8H2,1-2,4-5H3. The molecule has 2 nitrogen and oxygen atoms in total. The predicted molar refractivity (Wildman–Crippen MR) is 61.8 cm³/mol. The van der Waals surface area contributed by atoms with Crippen molar-refractivity contribution in [1.82, 2.24) is 0 Å². The molecule has 1 rings (SSSR count). The molecule has 1 aliphatic carbocycles. The predicted octanol–water partition coefficient (Wildman–Crippen LogP) is 3.04. The second kappa shape index (κ2) is 4.31. The fraction of sp³-hybridized carbons (Fsp3) is 0.615. The van der Waals surface area contributed by atoms with E-state index in [1.54, 1.807) is 7.11 Å². The van der Waals surface area contributed by atoms with E-state index < -0.39 is 5.60 Å². The number of ether oxygens (including phenoxy) is 1. The summed E-state index contributed by atoms with van der Waals surface area (Å²) in [7, 11) is 1.64. The maximum absolute atomic E-state index is 11.8. The van der Waals surface area contributed by atoms with Crippen molar-refractivity contribution in [2.24, 2.45) is 0 Å². The molecular weight excluding hydrogens is 188 g/mol. The van der Waals surface area contributed by atoms with Gasteiger partial charge in [-0.2, -0.15) is 0 Å². The molecule has 0 spiro atoms. The smallest absolute Gasteiger partial charge is 0.187 e. The molecule has 0 radical (unpaired) electrons. The first kappa shape index (κ1) is 12.2. The Hall–Kier alpha value is -0.890. The zero-order chi connectivity index (χ0) is 11.6. The van der Waals surface area contributed by atoms with Crippen LogP contribution in [0.1, 0.15) is 40.0 Å². The van der Waals surface area contributed by atoms with Crippen molar-refractivity contribution in [3.63, 3.8) is 0 Å². The average molecular weight is 208 g/mol. The van der Waals surface area contributed by atoms with E-state index in [-0.39, 0.29) is 5.78 Å². The van der Waals surface area contributed by atoms with Crippen LogP contribution in [0.5, 0.6) is 0 Å². The Labute approximate surface area is 92.0 Å². The van der Waals surface area contributed by atoms with Crippen LogP contribution in [-0.4, -0.2) is 18.5 Å². The Morgan fingerprint density at radius 3 is 2.53 bits per heavy atom. The highest BCUT2D eigenvalue weighted by Crippen LogP contribution is 2.41. The summed E-state index contributed by atoms with van der Waals surface area (Å²) < 4.78 is 5.48.